The Morgan fingerprint density at radius 1 is 0.652 bits per heavy atom. The number of alkyl halides is 1. The fourth-order valence-corrected chi connectivity index (χ4v) is 2.68. The van der Waals surface area contributed by atoms with Crippen LogP contribution in [0.3, 0.4) is 0 Å². The number of hydrogen-bond acceptors (Lipinski definition) is 0. The Morgan fingerprint density at radius 3 is 1.65 bits per heavy atom. The molecule has 0 amide bonds. The molecule has 23 heavy (non-hydrogen) atoms. The Bertz CT molecular complexity index is 748. The molecule has 9 heteroatoms. The van der Waals surface area contributed by atoms with Gasteiger partial charge in [-0.3, -0.25) is 0 Å². The quantitative estimate of drug-likeness (QED) is 0.275. The largest absolute Gasteiger partial charge is 0.204 e. The minimum atomic E-state index is -2.11. The van der Waals surface area contributed by atoms with Crippen molar-refractivity contribution < 1.29 is 35.1 Å². The van der Waals surface area contributed by atoms with Gasteiger partial charge < -0.3 is 0 Å². The molecule has 0 radical (unpaired) electrons. The van der Waals surface area contributed by atoms with Crippen LogP contribution in [0.1, 0.15) is 16.0 Å². The van der Waals surface area contributed by atoms with Crippen molar-refractivity contribution in [3.05, 3.63) is 69.8 Å². The third-order valence-electron chi connectivity index (χ3n) is 3.04. The summed E-state index contributed by atoms with van der Waals surface area (Å²) in [5.41, 5.74) is -1.89. The van der Waals surface area contributed by atoms with Gasteiger partial charge in [-0.25, -0.2) is 35.1 Å². The maximum Gasteiger partial charge on any atom is 0.197 e. The maximum atomic E-state index is 13.6. The van der Waals surface area contributed by atoms with E-state index in [-0.39, 0.29) is 12.1 Å². The minimum Gasteiger partial charge on any atom is -0.204 e. The van der Waals surface area contributed by atoms with Crippen molar-refractivity contribution in [3.8, 4) is 0 Å². The second-order valence-electron chi connectivity index (χ2n) is 4.51. The summed E-state index contributed by atoms with van der Waals surface area (Å²) in [5.74, 6) is -14.5. The molecule has 0 aromatic heterocycles. The van der Waals surface area contributed by atoms with Crippen LogP contribution in [0.25, 0.3) is 0 Å². The predicted molar refractivity (Wildman–Crippen MR) is 67.9 cm³/mol. The molecule has 0 fully saturated rings. The summed E-state index contributed by atoms with van der Waals surface area (Å²) >= 11 is 2.68. The SMILES string of the molecule is Fc1cc(CC(Br)c2c(F)c(F)cc(F)c2F)c(F)c(F)c1F. The monoisotopic (exact) mass is 404 g/mol. The van der Waals surface area contributed by atoms with Crippen molar-refractivity contribution in [1.29, 1.82) is 0 Å². The van der Waals surface area contributed by atoms with E-state index < -0.39 is 68.9 Å². The van der Waals surface area contributed by atoms with Gasteiger partial charge >= 0.3 is 0 Å². The van der Waals surface area contributed by atoms with E-state index in [1.165, 1.54) is 0 Å². The van der Waals surface area contributed by atoms with E-state index in [0.29, 0.717) is 0 Å². The lowest BCUT2D eigenvalue weighted by molar-refractivity contribution is 0.402. The number of halogens is 9. The van der Waals surface area contributed by atoms with E-state index in [4.69, 9.17) is 0 Å². The van der Waals surface area contributed by atoms with E-state index >= 15 is 0 Å². The van der Waals surface area contributed by atoms with Crippen LogP contribution < -0.4 is 0 Å². The van der Waals surface area contributed by atoms with Crippen LogP contribution in [0.4, 0.5) is 35.1 Å². The second-order valence-corrected chi connectivity index (χ2v) is 5.62. The summed E-state index contributed by atoms with van der Waals surface area (Å²) in [6.45, 7) is 0. The Kier molecular flexibility index (Phi) is 4.98. The summed E-state index contributed by atoms with van der Waals surface area (Å²) in [6, 6.07) is 0.263. The molecule has 0 saturated heterocycles. The first-order valence-electron chi connectivity index (χ1n) is 5.94. The fourth-order valence-electron chi connectivity index (χ4n) is 1.93. The van der Waals surface area contributed by atoms with Crippen molar-refractivity contribution in [2.75, 3.05) is 0 Å². The van der Waals surface area contributed by atoms with Gasteiger partial charge in [0.15, 0.2) is 46.5 Å². The maximum absolute atomic E-state index is 13.6. The third kappa shape index (κ3) is 3.19. The first-order chi connectivity index (χ1) is 10.6. The first-order valence-corrected chi connectivity index (χ1v) is 6.85. The van der Waals surface area contributed by atoms with Gasteiger partial charge in [-0.05, 0) is 18.1 Å². The van der Waals surface area contributed by atoms with Crippen molar-refractivity contribution in [2.45, 2.75) is 11.2 Å². The van der Waals surface area contributed by atoms with Crippen LogP contribution in [-0.2, 0) is 6.42 Å². The van der Waals surface area contributed by atoms with Crippen LogP contribution >= 0.6 is 15.9 Å². The van der Waals surface area contributed by atoms with Crippen molar-refractivity contribution >= 4 is 15.9 Å². The van der Waals surface area contributed by atoms with Gasteiger partial charge in [0.25, 0.3) is 0 Å². The molecule has 0 spiro atoms. The normalized spacial score (nSPS) is 12.6. The summed E-state index contributed by atoms with van der Waals surface area (Å²) < 4.78 is 106. The Morgan fingerprint density at radius 2 is 1.13 bits per heavy atom. The van der Waals surface area contributed by atoms with E-state index in [0.717, 1.165) is 0 Å². The molecule has 1 unspecified atom stereocenters. The van der Waals surface area contributed by atoms with Crippen molar-refractivity contribution in [3.63, 3.8) is 0 Å². The average Bonchev–Trinajstić information content (AvgIpc) is 2.49. The third-order valence-corrected chi connectivity index (χ3v) is 3.82. The lowest BCUT2D eigenvalue weighted by atomic mass is 10.0. The van der Waals surface area contributed by atoms with Crippen LogP contribution in [0.15, 0.2) is 12.1 Å². The predicted octanol–water partition coefficient (Wildman–Crippen LogP) is 5.48. The van der Waals surface area contributed by atoms with Crippen LogP contribution in [0, 0.1) is 46.5 Å². The lowest BCUT2D eigenvalue weighted by Gasteiger charge is -2.14. The van der Waals surface area contributed by atoms with Crippen LogP contribution in [0.5, 0.6) is 0 Å². The molecule has 0 nitrogen and oxygen atoms in total. The Balaban J connectivity index is 2.47. The van der Waals surface area contributed by atoms with Crippen molar-refractivity contribution in [1.82, 2.24) is 0 Å². The molecule has 2 aromatic carbocycles. The molecular formula is C14H5BrF8. The molecule has 0 bridgehead atoms. The average molecular weight is 405 g/mol. The molecule has 0 saturated carbocycles. The van der Waals surface area contributed by atoms with Gasteiger partial charge in [0.1, 0.15) is 0 Å². The lowest BCUT2D eigenvalue weighted by Crippen LogP contribution is -2.09. The highest BCUT2D eigenvalue weighted by Gasteiger charge is 2.27. The highest BCUT2D eigenvalue weighted by molar-refractivity contribution is 9.09. The van der Waals surface area contributed by atoms with E-state index in [1.807, 2.05) is 0 Å². The second kappa shape index (κ2) is 6.46. The summed E-state index contributed by atoms with van der Waals surface area (Å²) in [5, 5.41) is 0. The topological polar surface area (TPSA) is 0 Å². The minimum absolute atomic E-state index is 0.0221. The number of rotatable bonds is 3. The molecule has 2 rings (SSSR count). The van der Waals surface area contributed by atoms with E-state index in [9.17, 15) is 35.1 Å². The van der Waals surface area contributed by atoms with Gasteiger partial charge in [-0.2, -0.15) is 0 Å². The molecule has 1 atom stereocenters. The smallest absolute Gasteiger partial charge is 0.197 e. The number of benzene rings is 2. The first kappa shape index (κ1) is 17.7. The van der Waals surface area contributed by atoms with Gasteiger partial charge in [0.2, 0.25) is 0 Å². The molecule has 0 heterocycles. The Hall–Kier alpha value is -1.64. The highest BCUT2D eigenvalue weighted by atomic mass is 79.9. The molecule has 0 aliphatic rings. The van der Waals surface area contributed by atoms with Gasteiger partial charge in [-0.15, -0.1) is 0 Å². The molecular weight excluding hydrogens is 400 g/mol. The van der Waals surface area contributed by atoms with Gasteiger partial charge in [-0.1, -0.05) is 15.9 Å². The van der Waals surface area contributed by atoms with Gasteiger partial charge in [0.05, 0.1) is 0 Å². The summed E-state index contributed by atoms with van der Waals surface area (Å²) in [4.78, 5) is -1.56. The fraction of sp³-hybridized carbons (Fsp3) is 0.143. The summed E-state index contributed by atoms with van der Waals surface area (Å²) in [6.07, 6.45) is -0.795. The number of hydrogen-bond donors (Lipinski definition) is 0. The van der Waals surface area contributed by atoms with Crippen LogP contribution in [0.2, 0.25) is 0 Å². The zero-order chi connectivity index (χ0) is 17.5. The molecule has 0 aliphatic heterocycles. The van der Waals surface area contributed by atoms with E-state index in [2.05, 4.69) is 15.9 Å². The molecule has 124 valence electrons. The van der Waals surface area contributed by atoms with E-state index in [1.54, 1.807) is 0 Å². The summed E-state index contributed by atoms with van der Waals surface area (Å²) in [7, 11) is 0. The highest BCUT2D eigenvalue weighted by Crippen LogP contribution is 2.34. The zero-order valence-corrected chi connectivity index (χ0v) is 12.4. The molecule has 0 aliphatic carbocycles. The molecule has 0 N–H and O–H groups in total. The van der Waals surface area contributed by atoms with Crippen molar-refractivity contribution in [2.24, 2.45) is 0 Å². The molecule has 2 aromatic rings. The van der Waals surface area contributed by atoms with Gasteiger partial charge in [0, 0.05) is 16.5 Å². The standard InChI is InChI=1S/C14H5BrF8/c15-5(9-11(20)7(17)3-8(18)12(9)21)1-4-2-6(16)13(22)14(23)10(4)19/h2-3,5H,1H2. The zero-order valence-electron chi connectivity index (χ0n) is 10.8. The van der Waals surface area contributed by atoms with Crippen LogP contribution in [-0.4, -0.2) is 0 Å². The Labute approximate surface area is 132 Å².